The quantitative estimate of drug-likeness (QED) is 0.774. The Hall–Kier alpha value is -1.15. The molecule has 1 aromatic carbocycles. The Morgan fingerprint density at radius 1 is 1.33 bits per heavy atom. The first-order chi connectivity index (χ1) is 9.78. The van der Waals surface area contributed by atoms with E-state index in [1.807, 2.05) is 0 Å². The summed E-state index contributed by atoms with van der Waals surface area (Å²) in [6.07, 6.45) is 3.36. The molecule has 0 unspecified atom stereocenters. The molecule has 1 aromatic rings. The third-order valence-corrected chi connectivity index (χ3v) is 5.19. The molecule has 0 bridgehead atoms. The van der Waals surface area contributed by atoms with Crippen LogP contribution < -0.4 is 16.2 Å². The number of halogens is 1. The molecule has 1 fully saturated rings. The maximum Gasteiger partial charge on any atom is 0.238 e. The minimum absolute atomic E-state index is 0.101. The van der Waals surface area contributed by atoms with Crippen molar-refractivity contribution in [3.05, 3.63) is 23.2 Å². The van der Waals surface area contributed by atoms with Crippen LogP contribution in [0.4, 0.5) is 5.69 Å². The summed E-state index contributed by atoms with van der Waals surface area (Å²) < 4.78 is 22.7. The standard InChI is InChI=1S/C13H18ClN3O3S/c14-10-4-3-9(21(16,19)20)7-11(10)17-12(18)13(8-15)5-1-2-6-13/h3-4,7H,1-2,5-6,8,15H2,(H,17,18)(H2,16,19,20). The van der Waals surface area contributed by atoms with Crippen LogP contribution >= 0.6 is 11.6 Å². The number of hydrogen-bond donors (Lipinski definition) is 3. The van der Waals surface area contributed by atoms with Gasteiger partial charge >= 0.3 is 0 Å². The molecular weight excluding hydrogens is 314 g/mol. The number of nitrogens with one attached hydrogen (secondary N) is 1. The van der Waals surface area contributed by atoms with Crippen molar-refractivity contribution in [3.63, 3.8) is 0 Å². The van der Waals surface area contributed by atoms with Gasteiger partial charge in [-0.2, -0.15) is 0 Å². The lowest BCUT2D eigenvalue weighted by Gasteiger charge is -2.26. The molecule has 8 heteroatoms. The van der Waals surface area contributed by atoms with Gasteiger partial charge in [0, 0.05) is 6.54 Å². The Morgan fingerprint density at radius 3 is 2.48 bits per heavy atom. The normalized spacial score (nSPS) is 17.7. The van der Waals surface area contributed by atoms with E-state index in [0.29, 0.717) is 0 Å². The minimum atomic E-state index is -3.85. The Morgan fingerprint density at radius 2 is 1.95 bits per heavy atom. The summed E-state index contributed by atoms with van der Waals surface area (Å²) in [5, 5.41) is 8.01. The van der Waals surface area contributed by atoms with Gasteiger partial charge in [-0.05, 0) is 31.0 Å². The van der Waals surface area contributed by atoms with Gasteiger partial charge in [-0.3, -0.25) is 4.79 Å². The van der Waals surface area contributed by atoms with E-state index in [2.05, 4.69) is 5.32 Å². The van der Waals surface area contributed by atoms with E-state index >= 15 is 0 Å². The summed E-state index contributed by atoms with van der Waals surface area (Å²) in [4.78, 5) is 12.3. The Balaban J connectivity index is 2.29. The molecular formula is C13H18ClN3O3S. The molecule has 1 saturated carbocycles. The zero-order valence-electron chi connectivity index (χ0n) is 11.4. The molecule has 0 aromatic heterocycles. The lowest BCUT2D eigenvalue weighted by molar-refractivity contribution is -0.124. The second-order valence-corrected chi connectivity index (χ2v) is 7.30. The van der Waals surface area contributed by atoms with Crippen LogP contribution in [0.1, 0.15) is 25.7 Å². The number of benzene rings is 1. The molecule has 2 rings (SSSR count). The Labute approximate surface area is 128 Å². The predicted molar refractivity (Wildman–Crippen MR) is 81.4 cm³/mol. The van der Waals surface area contributed by atoms with Crippen molar-refractivity contribution in [2.24, 2.45) is 16.3 Å². The SMILES string of the molecule is NCC1(C(=O)Nc2cc(S(N)(=O)=O)ccc2Cl)CCCC1. The Bertz CT molecular complexity index is 655. The smallest absolute Gasteiger partial charge is 0.238 e. The number of carbonyl (C=O) groups excluding carboxylic acids is 1. The van der Waals surface area contributed by atoms with Gasteiger partial charge in [0.05, 0.1) is 21.0 Å². The van der Waals surface area contributed by atoms with Gasteiger partial charge in [0.15, 0.2) is 0 Å². The van der Waals surface area contributed by atoms with Gasteiger partial charge < -0.3 is 11.1 Å². The number of hydrogen-bond acceptors (Lipinski definition) is 4. The first kappa shape index (κ1) is 16.2. The molecule has 1 aliphatic rings. The lowest BCUT2D eigenvalue weighted by atomic mass is 9.85. The fourth-order valence-corrected chi connectivity index (χ4v) is 3.31. The molecule has 0 radical (unpaired) electrons. The van der Waals surface area contributed by atoms with E-state index in [-0.39, 0.29) is 28.1 Å². The van der Waals surface area contributed by atoms with Gasteiger partial charge in [-0.1, -0.05) is 24.4 Å². The van der Waals surface area contributed by atoms with Crippen LogP contribution in [-0.4, -0.2) is 20.9 Å². The summed E-state index contributed by atoms with van der Waals surface area (Å²) >= 11 is 6.00. The lowest BCUT2D eigenvalue weighted by Crippen LogP contribution is -2.40. The van der Waals surface area contributed by atoms with Gasteiger partial charge in [-0.25, -0.2) is 13.6 Å². The van der Waals surface area contributed by atoms with Crippen molar-refractivity contribution < 1.29 is 13.2 Å². The van der Waals surface area contributed by atoms with Crippen molar-refractivity contribution in [2.75, 3.05) is 11.9 Å². The monoisotopic (exact) mass is 331 g/mol. The Kier molecular flexibility index (Phi) is 4.57. The van der Waals surface area contributed by atoms with Crippen LogP contribution in [0.15, 0.2) is 23.1 Å². The molecule has 0 spiro atoms. The zero-order chi connectivity index (χ0) is 15.7. The van der Waals surface area contributed by atoms with Crippen LogP contribution in [0.2, 0.25) is 5.02 Å². The topological polar surface area (TPSA) is 115 Å². The fraction of sp³-hybridized carbons (Fsp3) is 0.462. The number of sulfonamides is 1. The summed E-state index contributed by atoms with van der Waals surface area (Å²) in [6, 6.07) is 3.94. The number of nitrogens with two attached hydrogens (primary N) is 2. The van der Waals surface area contributed by atoms with Crippen LogP contribution in [0.3, 0.4) is 0 Å². The van der Waals surface area contributed by atoms with Crippen molar-refractivity contribution in [1.82, 2.24) is 0 Å². The van der Waals surface area contributed by atoms with Crippen molar-refractivity contribution in [2.45, 2.75) is 30.6 Å². The molecule has 116 valence electrons. The highest BCUT2D eigenvalue weighted by Crippen LogP contribution is 2.38. The number of amides is 1. The average molecular weight is 332 g/mol. The van der Waals surface area contributed by atoms with Gasteiger partial charge in [0.25, 0.3) is 0 Å². The molecule has 21 heavy (non-hydrogen) atoms. The first-order valence-electron chi connectivity index (χ1n) is 6.62. The van der Waals surface area contributed by atoms with E-state index in [1.165, 1.54) is 18.2 Å². The van der Waals surface area contributed by atoms with Crippen molar-refractivity contribution >= 4 is 33.2 Å². The highest BCUT2D eigenvalue weighted by Gasteiger charge is 2.40. The van der Waals surface area contributed by atoms with Gasteiger partial charge in [-0.15, -0.1) is 0 Å². The van der Waals surface area contributed by atoms with Crippen LogP contribution in [0.25, 0.3) is 0 Å². The van der Waals surface area contributed by atoms with E-state index in [4.69, 9.17) is 22.5 Å². The molecule has 0 atom stereocenters. The highest BCUT2D eigenvalue weighted by molar-refractivity contribution is 7.89. The number of anilines is 1. The average Bonchev–Trinajstić information content (AvgIpc) is 2.90. The summed E-state index contributed by atoms with van der Waals surface area (Å²) in [7, 11) is -3.85. The van der Waals surface area contributed by atoms with Crippen molar-refractivity contribution in [1.29, 1.82) is 0 Å². The fourth-order valence-electron chi connectivity index (χ4n) is 2.61. The maximum absolute atomic E-state index is 12.5. The number of rotatable bonds is 4. The molecule has 5 N–H and O–H groups in total. The largest absolute Gasteiger partial charge is 0.329 e. The predicted octanol–water partition coefficient (Wildman–Crippen LogP) is 1.45. The number of primary sulfonamides is 1. The second-order valence-electron chi connectivity index (χ2n) is 5.33. The van der Waals surface area contributed by atoms with E-state index in [0.717, 1.165) is 25.7 Å². The van der Waals surface area contributed by atoms with Crippen LogP contribution in [0, 0.1) is 5.41 Å². The van der Waals surface area contributed by atoms with E-state index in [1.54, 1.807) is 0 Å². The zero-order valence-corrected chi connectivity index (χ0v) is 13.0. The summed E-state index contributed by atoms with van der Waals surface area (Å²) in [5.74, 6) is -0.226. The van der Waals surface area contributed by atoms with Gasteiger partial charge in [0.1, 0.15) is 0 Å². The summed E-state index contributed by atoms with van der Waals surface area (Å²) in [5.41, 5.74) is 5.38. The van der Waals surface area contributed by atoms with E-state index < -0.39 is 15.4 Å². The molecule has 1 amide bonds. The highest BCUT2D eigenvalue weighted by atomic mass is 35.5. The maximum atomic E-state index is 12.5. The molecule has 0 saturated heterocycles. The first-order valence-corrected chi connectivity index (χ1v) is 8.55. The summed E-state index contributed by atoms with van der Waals surface area (Å²) in [6.45, 7) is 0.255. The molecule has 0 heterocycles. The minimum Gasteiger partial charge on any atom is -0.329 e. The van der Waals surface area contributed by atoms with Gasteiger partial charge in [0.2, 0.25) is 15.9 Å². The molecule has 1 aliphatic carbocycles. The molecule has 6 nitrogen and oxygen atoms in total. The van der Waals surface area contributed by atoms with Crippen molar-refractivity contribution in [3.8, 4) is 0 Å². The molecule has 0 aliphatic heterocycles. The van der Waals surface area contributed by atoms with E-state index in [9.17, 15) is 13.2 Å². The van der Waals surface area contributed by atoms with Crippen LogP contribution in [-0.2, 0) is 14.8 Å². The number of carbonyl (C=O) groups is 1. The van der Waals surface area contributed by atoms with Crippen LogP contribution in [0.5, 0.6) is 0 Å². The third kappa shape index (κ3) is 3.37. The third-order valence-electron chi connectivity index (χ3n) is 3.95. The second kappa shape index (κ2) is 5.92.